The first-order valence-electron chi connectivity index (χ1n) is 12.5. The summed E-state index contributed by atoms with van der Waals surface area (Å²) in [5, 5.41) is 3.40. The number of nitrogens with zero attached hydrogens (tertiary/aromatic N) is 4. The monoisotopic (exact) mass is 533 g/mol. The highest BCUT2D eigenvalue weighted by Gasteiger charge is 2.30. The maximum atomic E-state index is 13.4. The fraction of sp³-hybridized carbons (Fsp3) is 0.500. The van der Waals surface area contributed by atoms with Crippen molar-refractivity contribution in [2.75, 3.05) is 18.4 Å². The zero-order valence-corrected chi connectivity index (χ0v) is 22.5. The Morgan fingerprint density at radius 2 is 1.76 bits per heavy atom. The second-order valence-electron chi connectivity index (χ2n) is 10.2. The van der Waals surface area contributed by atoms with Crippen molar-refractivity contribution in [2.45, 2.75) is 64.8 Å². The number of pyridine rings is 1. The Morgan fingerprint density at radius 1 is 1.08 bits per heavy atom. The normalized spacial score (nSPS) is 15.8. The van der Waals surface area contributed by atoms with Gasteiger partial charge < -0.3 is 5.32 Å². The van der Waals surface area contributed by atoms with Crippen molar-refractivity contribution in [1.29, 1.82) is 0 Å². The molecule has 0 spiro atoms. The molecule has 37 heavy (non-hydrogen) atoms. The largest absolute Gasteiger partial charge is 0.324 e. The number of hydrogen-bond acceptors (Lipinski definition) is 6. The number of nitrogens with one attached hydrogen (secondary N) is 1. The van der Waals surface area contributed by atoms with E-state index in [1.807, 2.05) is 0 Å². The highest BCUT2D eigenvalue weighted by Crippen LogP contribution is 2.30. The van der Waals surface area contributed by atoms with E-state index in [9.17, 15) is 22.0 Å². The lowest BCUT2D eigenvalue weighted by molar-refractivity contribution is 0.149. The van der Waals surface area contributed by atoms with Crippen molar-refractivity contribution in [3.8, 4) is 0 Å². The standard InChI is InChI=1S/C26H33F2N5O3S/c1-15(2)18-8-10-32(11-9-18)37(35,36)20-6-7-22(17(5)12-20)30-26-29-14-19-13-21(23(27)28)25(34)33(16(3)4)24(19)31-26/h6-7,12-16,18,23H,8-11H2,1-5H3,(H,29,30,31). The number of hydrogen-bond donors (Lipinski definition) is 1. The van der Waals surface area contributed by atoms with Gasteiger partial charge in [-0.2, -0.15) is 9.29 Å². The number of benzene rings is 1. The zero-order valence-electron chi connectivity index (χ0n) is 21.7. The van der Waals surface area contributed by atoms with Gasteiger partial charge in [0.15, 0.2) is 0 Å². The molecule has 0 bridgehead atoms. The third kappa shape index (κ3) is 5.38. The van der Waals surface area contributed by atoms with Crippen LogP contribution in [0.25, 0.3) is 11.0 Å². The van der Waals surface area contributed by atoms with Crippen LogP contribution >= 0.6 is 0 Å². The molecule has 0 aliphatic carbocycles. The van der Waals surface area contributed by atoms with Crippen LogP contribution < -0.4 is 10.9 Å². The summed E-state index contributed by atoms with van der Waals surface area (Å²) in [5.74, 6) is 1.24. The number of anilines is 2. The van der Waals surface area contributed by atoms with Crippen molar-refractivity contribution >= 4 is 32.7 Å². The summed E-state index contributed by atoms with van der Waals surface area (Å²) in [5.41, 5.74) is 0.135. The van der Waals surface area contributed by atoms with E-state index in [0.717, 1.165) is 18.9 Å². The number of rotatable bonds is 7. The quantitative estimate of drug-likeness (QED) is 0.436. The molecule has 3 heterocycles. The van der Waals surface area contributed by atoms with Crippen molar-refractivity contribution in [3.05, 3.63) is 51.9 Å². The third-order valence-electron chi connectivity index (χ3n) is 7.08. The van der Waals surface area contributed by atoms with Crippen molar-refractivity contribution in [3.63, 3.8) is 0 Å². The topological polar surface area (TPSA) is 97.2 Å². The summed E-state index contributed by atoms with van der Waals surface area (Å²) >= 11 is 0. The lowest BCUT2D eigenvalue weighted by Crippen LogP contribution is -2.39. The fourth-order valence-corrected chi connectivity index (χ4v) is 6.38. The van der Waals surface area contributed by atoms with Crippen LogP contribution in [0.4, 0.5) is 20.4 Å². The summed E-state index contributed by atoms with van der Waals surface area (Å²) in [6.07, 6.45) is 0.201. The molecule has 0 atom stereocenters. The van der Waals surface area contributed by atoms with E-state index in [1.165, 1.54) is 10.8 Å². The smallest absolute Gasteiger partial charge is 0.269 e. The molecule has 1 N–H and O–H groups in total. The Morgan fingerprint density at radius 3 is 2.32 bits per heavy atom. The summed E-state index contributed by atoms with van der Waals surface area (Å²) in [4.78, 5) is 21.5. The van der Waals surface area contributed by atoms with E-state index in [-0.39, 0.29) is 16.5 Å². The lowest BCUT2D eigenvalue weighted by atomic mass is 9.87. The van der Waals surface area contributed by atoms with E-state index in [4.69, 9.17) is 0 Å². The first kappa shape index (κ1) is 27.1. The number of aryl methyl sites for hydroxylation is 1. The number of fused-ring (bicyclic) bond motifs is 1. The van der Waals surface area contributed by atoms with Gasteiger partial charge in [-0.3, -0.25) is 9.36 Å². The van der Waals surface area contributed by atoms with Crippen LogP contribution in [0.2, 0.25) is 0 Å². The average Bonchev–Trinajstić information content (AvgIpc) is 2.84. The van der Waals surface area contributed by atoms with Crippen LogP contribution in [0, 0.1) is 18.8 Å². The molecule has 3 aromatic rings. The molecule has 0 amide bonds. The number of sulfonamides is 1. The van der Waals surface area contributed by atoms with Gasteiger partial charge in [0.1, 0.15) is 5.65 Å². The van der Waals surface area contributed by atoms with Gasteiger partial charge in [0.2, 0.25) is 16.0 Å². The van der Waals surface area contributed by atoms with Crippen LogP contribution in [-0.4, -0.2) is 40.3 Å². The Kier molecular flexibility index (Phi) is 7.66. The summed E-state index contributed by atoms with van der Waals surface area (Å²) < 4.78 is 56.0. The van der Waals surface area contributed by atoms with E-state index in [2.05, 4.69) is 29.1 Å². The molecule has 8 nitrogen and oxygen atoms in total. The van der Waals surface area contributed by atoms with Crippen molar-refractivity contribution in [2.24, 2.45) is 11.8 Å². The molecule has 0 radical (unpaired) electrons. The number of alkyl halides is 2. The Labute approximate surface area is 215 Å². The predicted octanol–water partition coefficient (Wildman–Crippen LogP) is 5.42. The van der Waals surface area contributed by atoms with Gasteiger partial charge in [0.05, 0.1) is 10.5 Å². The van der Waals surface area contributed by atoms with Crippen LogP contribution in [0.5, 0.6) is 0 Å². The molecule has 11 heteroatoms. The zero-order chi connectivity index (χ0) is 27.1. The number of halogens is 2. The highest BCUT2D eigenvalue weighted by molar-refractivity contribution is 7.89. The van der Waals surface area contributed by atoms with Gasteiger partial charge in [-0.05, 0) is 75.3 Å². The molecule has 2 aromatic heterocycles. The van der Waals surface area contributed by atoms with Crippen LogP contribution in [-0.2, 0) is 10.0 Å². The van der Waals surface area contributed by atoms with E-state index >= 15 is 0 Å². The Bertz CT molecular complexity index is 1460. The SMILES string of the molecule is Cc1cc(S(=O)(=O)N2CCC(C(C)C)CC2)ccc1Nc1ncc2cc(C(F)F)c(=O)n(C(C)C)c2n1. The Hall–Kier alpha value is -2.92. The molecule has 1 saturated heterocycles. The minimum atomic E-state index is -3.61. The summed E-state index contributed by atoms with van der Waals surface area (Å²) in [7, 11) is -3.61. The van der Waals surface area contributed by atoms with Crippen molar-refractivity contribution < 1.29 is 17.2 Å². The first-order chi connectivity index (χ1) is 17.4. The molecular weight excluding hydrogens is 500 g/mol. The van der Waals surface area contributed by atoms with E-state index in [0.29, 0.717) is 41.6 Å². The van der Waals surface area contributed by atoms with Gasteiger partial charge >= 0.3 is 0 Å². The van der Waals surface area contributed by atoms with Gasteiger partial charge in [-0.25, -0.2) is 22.2 Å². The maximum absolute atomic E-state index is 13.4. The highest BCUT2D eigenvalue weighted by atomic mass is 32.2. The molecule has 200 valence electrons. The lowest BCUT2D eigenvalue weighted by Gasteiger charge is -2.33. The van der Waals surface area contributed by atoms with Crippen molar-refractivity contribution in [1.82, 2.24) is 18.8 Å². The first-order valence-corrected chi connectivity index (χ1v) is 13.9. The number of aromatic nitrogens is 3. The van der Waals surface area contributed by atoms with Gasteiger partial charge in [0, 0.05) is 36.4 Å². The number of piperidine rings is 1. The second kappa shape index (κ2) is 10.4. The summed E-state index contributed by atoms with van der Waals surface area (Å²) in [6.45, 7) is 10.6. The van der Waals surface area contributed by atoms with Crippen LogP contribution in [0.15, 0.2) is 40.2 Å². The molecular formula is C26H33F2N5O3S. The van der Waals surface area contributed by atoms with E-state index in [1.54, 1.807) is 43.3 Å². The van der Waals surface area contributed by atoms with Gasteiger partial charge in [-0.1, -0.05) is 13.8 Å². The molecule has 1 fully saturated rings. The minimum absolute atomic E-state index is 0.167. The molecule has 0 unspecified atom stereocenters. The maximum Gasteiger partial charge on any atom is 0.269 e. The fourth-order valence-electron chi connectivity index (χ4n) is 4.83. The van der Waals surface area contributed by atoms with Crippen LogP contribution in [0.1, 0.15) is 64.1 Å². The minimum Gasteiger partial charge on any atom is -0.324 e. The Balaban J connectivity index is 1.61. The molecule has 1 aromatic carbocycles. The van der Waals surface area contributed by atoms with Gasteiger partial charge in [-0.15, -0.1) is 0 Å². The summed E-state index contributed by atoms with van der Waals surface area (Å²) in [6, 6.07) is 5.56. The molecule has 1 aliphatic heterocycles. The molecule has 0 saturated carbocycles. The third-order valence-corrected chi connectivity index (χ3v) is 8.97. The second-order valence-corrected chi connectivity index (χ2v) is 12.2. The molecule has 4 rings (SSSR count). The van der Waals surface area contributed by atoms with E-state index < -0.39 is 33.6 Å². The van der Waals surface area contributed by atoms with Gasteiger partial charge in [0.25, 0.3) is 12.0 Å². The predicted molar refractivity (Wildman–Crippen MR) is 140 cm³/mol. The average molecular weight is 534 g/mol. The molecule has 1 aliphatic rings. The van der Waals surface area contributed by atoms with Crippen LogP contribution in [0.3, 0.4) is 0 Å².